The second-order valence-corrected chi connectivity index (χ2v) is 5.46. The van der Waals surface area contributed by atoms with Gasteiger partial charge in [0.1, 0.15) is 5.75 Å². The van der Waals surface area contributed by atoms with Crippen molar-refractivity contribution in [3.63, 3.8) is 0 Å². The summed E-state index contributed by atoms with van der Waals surface area (Å²) >= 11 is 0. The maximum atomic E-state index is 12.4. The van der Waals surface area contributed by atoms with Crippen LogP contribution in [-0.2, 0) is 6.42 Å². The highest BCUT2D eigenvalue weighted by atomic mass is 16.5. The number of methoxy groups -OCH3 is 1. The molecule has 0 radical (unpaired) electrons. The molecule has 2 aromatic rings. The molecule has 0 spiro atoms. The van der Waals surface area contributed by atoms with Crippen molar-refractivity contribution >= 4 is 17.3 Å². The van der Waals surface area contributed by atoms with E-state index in [1.807, 2.05) is 19.1 Å². The van der Waals surface area contributed by atoms with Crippen molar-refractivity contribution < 1.29 is 9.53 Å². The molecule has 0 saturated carbocycles. The number of carbonyl (C=O) groups is 1. The molecule has 0 fully saturated rings. The van der Waals surface area contributed by atoms with E-state index in [1.54, 1.807) is 7.11 Å². The molecular formula is C16H20N4O2. The van der Waals surface area contributed by atoms with Gasteiger partial charge < -0.3 is 15.4 Å². The fourth-order valence-corrected chi connectivity index (χ4v) is 2.70. The van der Waals surface area contributed by atoms with Crippen LogP contribution in [0.2, 0.25) is 0 Å². The van der Waals surface area contributed by atoms with E-state index in [9.17, 15) is 4.79 Å². The molecule has 0 unspecified atom stereocenters. The average Bonchev–Trinajstić information content (AvgIpc) is 2.81. The van der Waals surface area contributed by atoms with Gasteiger partial charge >= 0.3 is 0 Å². The van der Waals surface area contributed by atoms with Gasteiger partial charge in [0, 0.05) is 24.0 Å². The highest BCUT2D eigenvalue weighted by molar-refractivity contribution is 6.05. The molecule has 0 aliphatic carbocycles. The minimum Gasteiger partial charge on any atom is -0.494 e. The number of nitrogens with zero attached hydrogens (tertiary/aromatic N) is 1. The lowest BCUT2D eigenvalue weighted by atomic mass is 10.1. The van der Waals surface area contributed by atoms with E-state index < -0.39 is 0 Å². The SMILES string of the molecule is COc1cc2c(cc1NC(=O)c1cn[nH]c1C)CCCCN2. The van der Waals surface area contributed by atoms with Gasteiger partial charge in [0.2, 0.25) is 0 Å². The molecule has 2 heterocycles. The van der Waals surface area contributed by atoms with Crippen molar-refractivity contribution in [1.82, 2.24) is 10.2 Å². The number of benzene rings is 1. The third kappa shape index (κ3) is 2.77. The van der Waals surface area contributed by atoms with Gasteiger partial charge in [-0.25, -0.2) is 0 Å². The summed E-state index contributed by atoms with van der Waals surface area (Å²) in [7, 11) is 1.61. The zero-order valence-corrected chi connectivity index (χ0v) is 12.8. The monoisotopic (exact) mass is 300 g/mol. The molecule has 1 aromatic heterocycles. The molecule has 0 atom stereocenters. The number of ether oxygens (including phenoxy) is 1. The Balaban J connectivity index is 1.91. The van der Waals surface area contributed by atoms with Gasteiger partial charge in [0.15, 0.2) is 0 Å². The summed E-state index contributed by atoms with van der Waals surface area (Å²) in [4.78, 5) is 12.4. The van der Waals surface area contributed by atoms with E-state index in [0.29, 0.717) is 17.0 Å². The topological polar surface area (TPSA) is 79.0 Å². The lowest BCUT2D eigenvalue weighted by Gasteiger charge is -2.15. The van der Waals surface area contributed by atoms with E-state index >= 15 is 0 Å². The Morgan fingerprint density at radius 2 is 2.23 bits per heavy atom. The Morgan fingerprint density at radius 1 is 1.36 bits per heavy atom. The van der Waals surface area contributed by atoms with Crippen LogP contribution in [0.4, 0.5) is 11.4 Å². The number of nitrogens with one attached hydrogen (secondary N) is 3. The first-order chi connectivity index (χ1) is 10.7. The number of fused-ring (bicyclic) bond motifs is 1. The fraction of sp³-hybridized carbons (Fsp3) is 0.375. The first-order valence-electron chi connectivity index (χ1n) is 7.45. The lowest BCUT2D eigenvalue weighted by molar-refractivity contribution is 0.102. The van der Waals surface area contributed by atoms with Crippen LogP contribution in [0, 0.1) is 6.92 Å². The van der Waals surface area contributed by atoms with Crippen LogP contribution in [0.3, 0.4) is 0 Å². The first kappa shape index (κ1) is 14.4. The number of carbonyl (C=O) groups excluding carboxylic acids is 1. The van der Waals surface area contributed by atoms with E-state index in [1.165, 1.54) is 11.8 Å². The van der Waals surface area contributed by atoms with Crippen molar-refractivity contribution in [2.24, 2.45) is 0 Å². The third-order valence-electron chi connectivity index (χ3n) is 3.94. The normalized spacial score (nSPS) is 13.7. The number of H-pyrrole nitrogens is 1. The minimum atomic E-state index is -0.189. The third-order valence-corrected chi connectivity index (χ3v) is 3.94. The highest BCUT2D eigenvalue weighted by Crippen LogP contribution is 2.34. The van der Waals surface area contributed by atoms with Crippen molar-refractivity contribution in [3.8, 4) is 5.75 Å². The second kappa shape index (κ2) is 6.09. The molecule has 1 amide bonds. The lowest BCUT2D eigenvalue weighted by Crippen LogP contribution is -2.13. The van der Waals surface area contributed by atoms with Gasteiger partial charge in [-0.05, 0) is 37.8 Å². The molecule has 0 bridgehead atoms. The van der Waals surface area contributed by atoms with Crippen molar-refractivity contribution in [2.75, 3.05) is 24.3 Å². The summed E-state index contributed by atoms with van der Waals surface area (Å²) in [6.45, 7) is 2.79. The second-order valence-electron chi connectivity index (χ2n) is 5.46. The van der Waals surface area contributed by atoms with Gasteiger partial charge in [0.05, 0.1) is 24.6 Å². The van der Waals surface area contributed by atoms with Gasteiger partial charge in [-0.1, -0.05) is 0 Å². The summed E-state index contributed by atoms with van der Waals surface area (Å²) < 4.78 is 5.42. The standard InChI is InChI=1S/C16H20N4O2/c1-10-12(9-18-20-10)16(21)19-14-7-11-5-3-4-6-17-13(11)8-15(14)22-2/h7-9,17H,3-6H2,1-2H3,(H,18,20)(H,19,21). The average molecular weight is 300 g/mol. The fourth-order valence-electron chi connectivity index (χ4n) is 2.70. The molecule has 6 heteroatoms. The maximum absolute atomic E-state index is 12.4. The summed E-state index contributed by atoms with van der Waals surface area (Å²) in [5, 5.41) is 13.0. The quantitative estimate of drug-likeness (QED) is 0.814. The Bertz CT molecular complexity index is 693. The smallest absolute Gasteiger partial charge is 0.259 e. The Kier molecular flexibility index (Phi) is 4.00. The molecule has 6 nitrogen and oxygen atoms in total. The molecule has 3 N–H and O–H groups in total. The molecule has 1 aromatic carbocycles. The molecule has 3 rings (SSSR count). The van der Waals surface area contributed by atoms with E-state index in [2.05, 4.69) is 20.8 Å². The zero-order chi connectivity index (χ0) is 15.5. The molecule has 22 heavy (non-hydrogen) atoms. The molecule has 1 aliphatic heterocycles. The predicted octanol–water partition coefficient (Wildman–Crippen LogP) is 2.73. The summed E-state index contributed by atoms with van der Waals surface area (Å²) in [6.07, 6.45) is 4.82. The molecule has 116 valence electrons. The summed E-state index contributed by atoms with van der Waals surface area (Å²) in [6, 6.07) is 3.96. The van der Waals surface area contributed by atoms with Crippen LogP contribution in [0.25, 0.3) is 0 Å². The number of hydrogen-bond donors (Lipinski definition) is 3. The zero-order valence-electron chi connectivity index (χ0n) is 12.8. The number of rotatable bonds is 3. The molecule has 0 saturated heterocycles. The van der Waals surface area contributed by atoms with Crippen LogP contribution >= 0.6 is 0 Å². The summed E-state index contributed by atoms with van der Waals surface area (Å²) in [5.74, 6) is 0.466. The van der Waals surface area contributed by atoms with Gasteiger partial charge in [-0.3, -0.25) is 9.89 Å². The van der Waals surface area contributed by atoms with Gasteiger partial charge in [-0.15, -0.1) is 0 Å². The molecule has 1 aliphatic rings. The maximum Gasteiger partial charge on any atom is 0.259 e. The number of aryl methyl sites for hydroxylation is 2. The highest BCUT2D eigenvalue weighted by Gasteiger charge is 2.17. The van der Waals surface area contributed by atoms with E-state index in [0.717, 1.165) is 37.2 Å². The van der Waals surface area contributed by atoms with Crippen molar-refractivity contribution in [3.05, 3.63) is 35.2 Å². The number of anilines is 2. The van der Waals surface area contributed by atoms with E-state index in [4.69, 9.17) is 4.74 Å². The largest absolute Gasteiger partial charge is 0.494 e. The number of aromatic amines is 1. The van der Waals surface area contributed by atoms with Crippen LogP contribution in [0.5, 0.6) is 5.75 Å². The van der Waals surface area contributed by atoms with Crippen molar-refractivity contribution in [1.29, 1.82) is 0 Å². The predicted molar refractivity (Wildman–Crippen MR) is 85.7 cm³/mol. The van der Waals surface area contributed by atoms with Crippen LogP contribution < -0.4 is 15.4 Å². The Hall–Kier alpha value is -2.50. The number of hydrogen-bond acceptors (Lipinski definition) is 4. The van der Waals surface area contributed by atoms with Crippen LogP contribution in [0.1, 0.15) is 34.5 Å². The minimum absolute atomic E-state index is 0.189. The number of amides is 1. The molecular weight excluding hydrogens is 280 g/mol. The Morgan fingerprint density at radius 3 is 2.95 bits per heavy atom. The van der Waals surface area contributed by atoms with Gasteiger partial charge in [0.25, 0.3) is 5.91 Å². The number of aromatic nitrogens is 2. The van der Waals surface area contributed by atoms with Crippen LogP contribution in [0.15, 0.2) is 18.3 Å². The van der Waals surface area contributed by atoms with Crippen LogP contribution in [-0.4, -0.2) is 29.8 Å². The van der Waals surface area contributed by atoms with Gasteiger partial charge in [-0.2, -0.15) is 5.10 Å². The van der Waals surface area contributed by atoms with E-state index in [-0.39, 0.29) is 5.91 Å². The summed E-state index contributed by atoms with van der Waals surface area (Å²) in [5.41, 5.74) is 4.27. The Labute approximate surface area is 129 Å². The van der Waals surface area contributed by atoms with Crippen molar-refractivity contribution in [2.45, 2.75) is 26.2 Å². The first-order valence-corrected chi connectivity index (χ1v) is 7.45.